The first kappa shape index (κ1) is 16.5. The molecule has 2 amide bonds. The van der Waals surface area contributed by atoms with Crippen molar-refractivity contribution < 1.29 is 14.3 Å². The SMILES string of the molecule is CCNC(=O)COc1cccc(NC(=O)C(C)(C)C#N)c1. The van der Waals surface area contributed by atoms with E-state index in [2.05, 4.69) is 10.6 Å². The van der Waals surface area contributed by atoms with Crippen molar-refractivity contribution in [2.45, 2.75) is 20.8 Å². The molecular weight excluding hydrogens is 270 g/mol. The number of rotatable bonds is 6. The van der Waals surface area contributed by atoms with Crippen LogP contribution in [0.1, 0.15) is 20.8 Å². The fraction of sp³-hybridized carbons (Fsp3) is 0.400. The van der Waals surface area contributed by atoms with E-state index in [1.165, 1.54) is 13.8 Å². The molecular formula is C15H19N3O3. The number of likely N-dealkylation sites (N-methyl/N-ethyl adjacent to an activating group) is 1. The molecule has 0 saturated carbocycles. The molecule has 0 saturated heterocycles. The quantitative estimate of drug-likeness (QED) is 0.833. The molecule has 6 nitrogen and oxygen atoms in total. The molecule has 2 N–H and O–H groups in total. The smallest absolute Gasteiger partial charge is 0.257 e. The van der Waals surface area contributed by atoms with Crippen LogP contribution in [0.5, 0.6) is 5.75 Å². The number of nitrogens with zero attached hydrogens (tertiary/aromatic N) is 1. The zero-order chi connectivity index (χ0) is 15.9. The molecule has 0 aliphatic rings. The van der Waals surface area contributed by atoms with Gasteiger partial charge in [0.2, 0.25) is 5.91 Å². The number of hydrogen-bond donors (Lipinski definition) is 2. The molecule has 0 heterocycles. The summed E-state index contributed by atoms with van der Waals surface area (Å²) in [5.74, 6) is -0.141. The van der Waals surface area contributed by atoms with Crippen LogP contribution in [0.4, 0.5) is 5.69 Å². The Morgan fingerprint density at radius 2 is 2.10 bits per heavy atom. The van der Waals surface area contributed by atoms with E-state index in [4.69, 9.17) is 10.00 Å². The number of hydrogen-bond acceptors (Lipinski definition) is 4. The van der Waals surface area contributed by atoms with Crippen LogP contribution in [0.2, 0.25) is 0 Å². The Hall–Kier alpha value is -2.55. The summed E-state index contributed by atoms with van der Waals surface area (Å²) in [5, 5.41) is 14.2. The molecule has 0 aliphatic carbocycles. The minimum Gasteiger partial charge on any atom is -0.484 e. The molecule has 0 unspecified atom stereocenters. The highest BCUT2D eigenvalue weighted by Gasteiger charge is 2.27. The minimum atomic E-state index is -1.11. The molecule has 0 aliphatic heterocycles. The molecule has 0 aromatic heterocycles. The third kappa shape index (κ3) is 5.15. The Morgan fingerprint density at radius 3 is 2.71 bits per heavy atom. The van der Waals surface area contributed by atoms with Crippen LogP contribution < -0.4 is 15.4 Å². The first-order valence-electron chi connectivity index (χ1n) is 6.61. The zero-order valence-electron chi connectivity index (χ0n) is 12.4. The molecule has 21 heavy (non-hydrogen) atoms. The second kappa shape index (κ2) is 7.29. The predicted octanol–water partition coefficient (Wildman–Crippen LogP) is 1.69. The lowest BCUT2D eigenvalue weighted by Gasteiger charge is -2.15. The van der Waals surface area contributed by atoms with Gasteiger partial charge in [0.05, 0.1) is 6.07 Å². The van der Waals surface area contributed by atoms with Gasteiger partial charge in [0, 0.05) is 18.3 Å². The molecule has 0 bridgehead atoms. The molecule has 1 aromatic rings. The number of carbonyl (C=O) groups is 2. The van der Waals surface area contributed by atoms with Gasteiger partial charge in [-0.05, 0) is 32.9 Å². The summed E-state index contributed by atoms with van der Waals surface area (Å²) in [6.07, 6.45) is 0. The average Bonchev–Trinajstić information content (AvgIpc) is 2.46. The number of ether oxygens (including phenoxy) is 1. The lowest BCUT2D eigenvalue weighted by Crippen LogP contribution is -2.29. The number of carbonyl (C=O) groups excluding carboxylic acids is 2. The molecule has 6 heteroatoms. The van der Waals surface area contributed by atoms with Crippen LogP contribution in [-0.2, 0) is 9.59 Å². The van der Waals surface area contributed by atoms with E-state index in [0.717, 1.165) is 0 Å². The van der Waals surface area contributed by atoms with Crippen LogP contribution in [0, 0.1) is 16.7 Å². The molecule has 1 aromatic carbocycles. The normalized spacial score (nSPS) is 10.4. The third-order valence-corrected chi connectivity index (χ3v) is 2.68. The van der Waals surface area contributed by atoms with Gasteiger partial charge >= 0.3 is 0 Å². The highest BCUT2D eigenvalue weighted by Crippen LogP contribution is 2.21. The Bertz CT molecular complexity index is 562. The molecule has 0 fully saturated rings. The summed E-state index contributed by atoms with van der Waals surface area (Å²) in [6.45, 7) is 5.36. The maximum Gasteiger partial charge on any atom is 0.257 e. The van der Waals surface area contributed by atoms with Gasteiger partial charge in [-0.15, -0.1) is 0 Å². The molecule has 112 valence electrons. The van der Waals surface area contributed by atoms with Crippen LogP contribution in [-0.4, -0.2) is 25.0 Å². The van der Waals surface area contributed by atoms with Gasteiger partial charge in [0.1, 0.15) is 11.2 Å². The second-order valence-corrected chi connectivity index (χ2v) is 4.96. The lowest BCUT2D eigenvalue weighted by molar-refractivity contribution is -0.123. The lowest BCUT2D eigenvalue weighted by atomic mass is 9.94. The summed E-state index contributed by atoms with van der Waals surface area (Å²) < 4.78 is 5.33. The first-order chi connectivity index (χ1) is 9.89. The van der Waals surface area contributed by atoms with E-state index in [1.54, 1.807) is 24.3 Å². The maximum absolute atomic E-state index is 11.9. The van der Waals surface area contributed by atoms with Crippen molar-refractivity contribution in [1.82, 2.24) is 5.32 Å². The van der Waals surface area contributed by atoms with Crippen molar-refractivity contribution in [3.63, 3.8) is 0 Å². The molecule has 1 rings (SSSR count). The molecule has 0 radical (unpaired) electrons. The zero-order valence-corrected chi connectivity index (χ0v) is 12.4. The van der Waals surface area contributed by atoms with E-state index in [1.807, 2.05) is 13.0 Å². The second-order valence-electron chi connectivity index (χ2n) is 4.96. The summed E-state index contributed by atoms with van der Waals surface area (Å²) in [4.78, 5) is 23.2. The van der Waals surface area contributed by atoms with Crippen molar-refractivity contribution in [2.24, 2.45) is 5.41 Å². The van der Waals surface area contributed by atoms with Crippen LogP contribution >= 0.6 is 0 Å². The Balaban J connectivity index is 2.67. The van der Waals surface area contributed by atoms with Gasteiger partial charge in [-0.25, -0.2) is 0 Å². The Kier molecular flexibility index (Phi) is 5.73. The standard InChI is InChI=1S/C15H19N3O3/c1-4-17-13(19)9-21-12-7-5-6-11(8-12)18-14(20)15(2,3)10-16/h5-8H,4,9H2,1-3H3,(H,17,19)(H,18,20). The Morgan fingerprint density at radius 1 is 1.38 bits per heavy atom. The number of amides is 2. The van der Waals surface area contributed by atoms with Gasteiger partial charge in [-0.1, -0.05) is 6.07 Å². The van der Waals surface area contributed by atoms with Gasteiger partial charge in [0.15, 0.2) is 6.61 Å². The first-order valence-corrected chi connectivity index (χ1v) is 6.61. The van der Waals surface area contributed by atoms with Crippen LogP contribution in [0.3, 0.4) is 0 Å². The largest absolute Gasteiger partial charge is 0.484 e. The van der Waals surface area contributed by atoms with E-state index in [0.29, 0.717) is 18.0 Å². The monoisotopic (exact) mass is 289 g/mol. The molecule has 0 spiro atoms. The van der Waals surface area contributed by atoms with Crippen molar-refractivity contribution in [3.05, 3.63) is 24.3 Å². The number of nitriles is 1. The van der Waals surface area contributed by atoms with Crippen molar-refractivity contribution in [3.8, 4) is 11.8 Å². The highest BCUT2D eigenvalue weighted by atomic mass is 16.5. The molecule has 0 atom stereocenters. The van der Waals surface area contributed by atoms with E-state index >= 15 is 0 Å². The van der Waals surface area contributed by atoms with Gasteiger partial charge < -0.3 is 15.4 Å². The van der Waals surface area contributed by atoms with Crippen molar-refractivity contribution in [2.75, 3.05) is 18.5 Å². The number of anilines is 1. The fourth-order valence-corrected chi connectivity index (χ4v) is 1.40. The summed E-state index contributed by atoms with van der Waals surface area (Å²) in [7, 11) is 0. The Labute approximate surface area is 124 Å². The van der Waals surface area contributed by atoms with Crippen molar-refractivity contribution >= 4 is 17.5 Å². The summed E-state index contributed by atoms with van der Waals surface area (Å²) in [5.41, 5.74) is -0.602. The van der Waals surface area contributed by atoms with Gasteiger partial charge in [0.25, 0.3) is 5.91 Å². The van der Waals surface area contributed by atoms with Crippen molar-refractivity contribution in [1.29, 1.82) is 5.26 Å². The van der Waals surface area contributed by atoms with Gasteiger partial charge in [-0.3, -0.25) is 9.59 Å². The average molecular weight is 289 g/mol. The van der Waals surface area contributed by atoms with Crippen LogP contribution in [0.25, 0.3) is 0 Å². The number of nitrogens with one attached hydrogen (secondary N) is 2. The fourth-order valence-electron chi connectivity index (χ4n) is 1.40. The topological polar surface area (TPSA) is 91.2 Å². The third-order valence-electron chi connectivity index (χ3n) is 2.68. The van der Waals surface area contributed by atoms with Crippen LogP contribution in [0.15, 0.2) is 24.3 Å². The highest BCUT2D eigenvalue weighted by molar-refractivity contribution is 5.96. The minimum absolute atomic E-state index is 0.0884. The summed E-state index contributed by atoms with van der Waals surface area (Å²) >= 11 is 0. The predicted molar refractivity (Wildman–Crippen MR) is 78.6 cm³/mol. The van der Waals surface area contributed by atoms with Gasteiger partial charge in [-0.2, -0.15) is 5.26 Å². The van der Waals surface area contributed by atoms with E-state index in [9.17, 15) is 9.59 Å². The summed E-state index contributed by atoms with van der Waals surface area (Å²) in [6, 6.07) is 8.60. The number of benzene rings is 1. The van der Waals surface area contributed by atoms with E-state index < -0.39 is 11.3 Å². The maximum atomic E-state index is 11.9. The van der Waals surface area contributed by atoms with E-state index in [-0.39, 0.29) is 12.5 Å².